The van der Waals surface area contributed by atoms with Crippen molar-refractivity contribution in [2.45, 2.75) is 31.7 Å². The number of aromatic nitrogens is 1. The van der Waals surface area contributed by atoms with E-state index in [0.29, 0.717) is 5.13 Å². The molecule has 2 N–H and O–H groups in total. The van der Waals surface area contributed by atoms with Gasteiger partial charge >= 0.3 is 5.97 Å². The average Bonchev–Trinajstić information content (AvgIpc) is 3.00. The van der Waals surface area contributed by atoms with Crippen LogP contribution in [0.15, 0.2) is 6.20 Å². The molecule has 0 radical (unpaired) electrons. The van der Waals surface area contributed by atoms with Crippen molar-refractivity contribution in [2.75, 3.05) is 25.5 Å². The number of thiazole rings is 1. The van der Waals surface area contributed by atoms with Crippen LogP contribution in [-0.2, 0) is 0 Å². The van der Waals surface area contributed by atoms with Crippen LogP contribution in [0.4, 0.5) is 5.13 Å². The smallest absolute Gasteiger partial charge is 0.347 e. The topological polar surface area (TPSA) is 65.5 Å². The third-order valence-corrected chi connectivity index (χ3v) is 4.35. The molecule has 6 heteroatoms. The molecule has 1 heterocycles. The Morgan fingerprint density at radius 1 is 1.61 bits per heavy atom. The van der Waals surface area contributed by atoms with Gasteiger partial charge in [-0.3, -0.25) is 0 Å². The minimum Gasteiger partial charge on any atom is -0.477 e. The van der Waals surface area contributed by atoms with Crippen molar-refractivity contribution in [1.29, 1.82) is 0 Å². The lowest BCUT2D eigenvalue weighted by molar-refractivity contribution is 0.0702. The largest absolute Gasteiger partial charge is 0.477 e. The molecule has 1 aromatic rings. The van der Waals surface area contributed by atoms with Crippen molar-refractivity contribution in [3.05, 3.63) is 11.1 Å². The molecule has 5 nitrogen and oxygen atoms in total. The van der Waals surface area contributed by atoms with Gasteiger partial charge in [-0.15, -0.1) is 0 Å². The predicted octanol–water partition coefficient (Wildman–Crippen LogP) is 2.13. The number of hydrogen-bond acceptors (Lipinski definition) is 5. The Labute approximate surface area is 111 Å². The monoisotopic (exact) mass is 269 g/mol. The molecular weight excluding hydrogens is 250 g/mol. The summed E-state index contributed by atoms with van der Waals surface area (Å²) in [5.74, 6) is -0.913. The van der Waals surface area contributed by atoms with E-state index in [-0.39, 0.29) is 4.88 Å². The van der Waals surface area contributed by atoms with Gasteiger partial charge in [0.1, 0.15) is 4.88 Å². The summed E-state index contributed by atoms with van der Waals surface area (Å²) in [6.07, 6.45) is 6.69. The van der Waals surface area contributed by atoms with E-state index in [1.165, 1.54) is 43.2 Å². The molecule has 0 spiro atoms. The number of aromatic carboxylic acids is 1. The first-order chi connectivity index (χ1) is 8.66. The second kappa shape index (κ2) is 6.15. The Morgan fingerprint density at radius 3 is 2.94 bits per heavy atom. The van der Waals surface area contributed by atoms with Gasteiger partial charge < -0.3 is 15.3 Å². The lowest BCUT2D eigenvalue weighted by Crippen LogP contribution is -2.33. The molecule has 0 aromatic carbocycles. The zero-order valence-electron chi connectivity index (χ0n) is 10.6. The summed E-state index contributed by atoms with van der Waals surface area (Å²) in [5.41, 5.74) is 0. The fourth-order valence-electron chi connectivity index (χ4n) is 2.32. The minimum absolute atomic E-state index is 0.279. The summed E-state index contributed by atoms with van der Waals surface area (Å²) in [6.45, 7) is 1.77. The van der Waals surface area contributed by atoms with Crippen LogP contribution in [0.3, 0.4) is 0 Å². The Bertz CT molecular complexity index is 402. The zero-order chi connectivity index (χ0) is 13.0. The average molecular weight is 269 g/mol. The van der Waals surface area contributed by atoms with Crippen LogP contribution in [0.2, 0.25) is 0 Å². The molecular formula is C12H19N3O2S. The SMILES string of the molecule is CN(CCNc1ncc(C(=O)O)s1)C1CCCC1. The number of hydrogen-bond donors (Lipinski definition) is 2. The maximum atomic E-state index is 10.7. The van der Waals surface area contributed by atoms with E-state index in [1.807, 2.05) is 0 Å². The molecule has 1 aliphatic carbocycles. The maximum Gasteiger partial charge on any atom is 0.347 e. The highest BCUT2D eigenvalue weighted by Gasteiger charge is 2.18. The fraction of sp³-hybridized carbons (Fsp3) is 0.667. The number of nitrogens with zero attached hydrogens (tertiary/aromatic N) is 2. The summed E-state index contributed by atoms with van der Waals surface area (Å²) in [4.78, 5) is 17.4. The summed E-state index contributed by atoms with van der Waals surface area (Å²) < 4.78 is 0. The summed E-state index contributed by atoms with van der Waals surface area (Å²) in [6, 6.07) is 0.720. The Morgan fingerprint density at radius 2 is 2.33 bits per heavy atom. The summed E-state index contributed by atoms with van der Waals surface area (Å²) in [7, 11) is 2.15. The van der Waals surface area contributed by atoms with Crippen LogP contribution in [-0.4, -0.2) is 47.1 Å². The normalized spacial score (nSPS) is 16.3. The zero-order valence-corrected chi connectivity index (χ0v) is 11.4. The van der Waals surface area contributed by atoms with E-state index in [9.17, 15) is 4.79 Å². The Kier molecular flexibility index (Phi) is 4.54. The van der Waals surface area contributed by atoms with Crippen molar-refractivity contribution >= 4 is 22.4 Å². The number of carboxylic acids is 1. The molecule has 1 fully saturated rings. The van der Waals surface area contributed by atoms with E-state index in [4.69, 9.17) is 5.11 Å². The van der Waals surface area contributed by atoms with Gasteiger partial charge in [0, 0.05) is 19.1 Å². The van der Waals surface area contributed by atoms with Crippen LogP contribution in [0.5, 0.6) is 0 Å². The van der Waals surface area contributed by atoms with E-state index >= 15 is 0 Å². The highest BCUT2D eigenvalue weighted by molar-refractivity contribution is 7.17. The number of rotatable bonds is 6. The molecule has 0 bridgehead atoms. The lowest BCUT2D eigenvalue weighted by atomic mass is 10.2. The first-order valence-corrected chi connectivity index (χ1v) is 7.11. The van der Waals surface area contributed by atoms with Crippen LogP contribution in [0.25, 0.3) is 0 Å². The van der Waals surface area contributed by atoms with E-state index in [2.05, 4.69) is 22.2 Å². The van der Waals surface area contributed by atoms with Gasteiger partial charge in [0.2, 0.25) is 0 Å². The third kappa shape index (κ3) is 3.43. The van der Waals surface area contributed by atoms with Gasteiger partial charge in [0.25, 0.3) is 0 Å². The van der Waals surface area contributed by atoms with Gasteiger partial charge in [-0.05, 0) is 19.9 Å². The number of carbonyl (C=O) groups is 1. The quantitative estimate of drug-likeness (QED) is 0.828. The molecule has 18 heavy (non-hydrogen) atoms. The van der Waals surface area contributed by atoms with Gasteiger partial charge in [-0.25, -0.2) is 9.78 Å². The van der Waals surface area contributed by atoms with Crippen molar-refractivity contribution in [2.24, 2.45) is 0 Å². The van der Waals surface area contributed by atoms with E-state index in [1.54, 1.807) is 0 Å². The van der Waals surface area contributed by atoms with E-state index in [0.717, 1.165) is 19.1 Å². The number of carboxylic acid groups (broad SMARTS) is 1. The predicted molar refractivity (Wildman–Crippen MR) is 72.4 cm³/mol. The molecule has 0 unspecified atom stereocenters. The molecule has 0 amide bonds. The molecule has 100 valence electrons. The minimum atomic E-state index is -0.913. The van der Waals surface area contributed by atoms with Crippen LogP contribution in [0, 0.1) is 0 Å². The van der Waals surface area contributed by atoms with Gasteiger partial charge in [0.05, 0.1) is 6.20 Å². The highest BCUT2D eigenvalue weighted by Crippen LogP contribution is 2.22. The van der Waals surface area contributed by atoms with Gasteiger partial charge in [-0.1, -0.05) is 24.2 Å². The van der Waals surface area contributed by atoms with Crippen molar-refractivity contribution in [1.82, 2.24) is 9.88 Å². The van der Waals surface area contributed by atoms with Crippen molar-refractivity contribution < 1.29 is 9.90 Å². The first-order valence-electron chi connectivity index (χ1n) is 6.30. The van der Waals surface area contributed by atoms with Crippen molar-refractivity contribution in [3.8, 4) is 0 Å². The fourth-order valence-corrected chi connectivity index (χ4v) is 3.00. The molecule has 2 rings (SSSR count). The van der Waals surface area contributed by atoms with E-state index < -0.39 is 5.97 Å². The van der Waals surface area contributed by atoms with Crippen LogP contribution < -0.4 is 5.32 Å². The second-order valence-electron chi connectivity index (χ2n) is 4.68. The highest BCUT2D eigenvalue weighted by atomic mass is 32.1. The molecule has 0 saturated heterocycles. The third-order valence-electron chi connectivity index (χ3n) is 3.41. The van der Waals surface area contributed by atoms with Gasteiger partial charge in [-0.2, -0.15) is 0 Å². The number of likely N-dealkylation sites (N-methyl/N-ethyl adjacent to an activating group) is 1. The molecule has 1 aliphatic rings. The Hall–Kier alpha value is -1.14. The van der Waals surface area contributed by atoms with Crippen molar-refractivity contribution in [3.63, 3.8) is 0 Å². The summed E-state index contributed by atoms with van der Waals surface area (Å²) in [5, 5.41) is 12.7. The standard InChI is InChI=1S/C12H19N3O2S/c1-15(9-4-2-3-5-9)7-6-13-12-14-8-10(18-12)11(16)17/h8-9H,2-7H2,1H3,(H,13,14)(H,16,17). The van der Waals surface area contributed by atoms with Crippen LogP contribution >= 0.6 is 11.3 Å². The summed E-state index contributed by atoms with van der Waals surface area (Å²) >= 11 is 1.18. The maximum absolute atomic E-state index is 10.7. The number of nitrogens with one attached hydrogen (secondary N) is 1. The Balaban J connectivity index is 1.72. The van der Waals surface area contributed by atoms with Crippen LogP contribution in [0.1, 0.15) is 35.4 Å². The number of anilines is 1. The molecule has 1 saturated carbocycles. The first kappa shape index (κ1) is 13.3. The molecule has 0 aliphatic heterocycles. The van der Waals surface area contributed by atoms with Gasteiger partial charge in [0.15, 0.2) is 5.13 Å². The lowest BCUT2D eigenvalue weighted by Gasteiger charge is -2.23. The molecule has 0 atom stereocenters. The molecule has 1 aromatic heterocycles. The second-order valence-corrected chi connectivity index (χ2v) is 5.71.